The molecule has 15 heavy (non-hydrogen) atoms. The smallest absolute Gasteiger partial charge is 0.191 e. The van der Waals surface area contributed by atoms with Gasteiger partial charge >= 0.3 is 0 Å². The number of fused-ring (bicyclic) bond motifs is 1. The van der Waals surface area contributed by atoms with Crippen molar-refractivity contribution in [2.24, 2.45) is 0 Å². The number of carbonyl (C=O) groups is 1. The highest BCUT2D eigenvalue weighted by atomic mass is 35.5. The first-order valence-corrected chi connectivity index (χ1v) is 6.39. The van der Waals surface area contributed by atoms with Crippen LogP contribution in [0.25, 0.3) is 0 Å². The van der Waals surface area contributed by atoms with E-state index in [2.05, 4.69) is 0 Å². The van der Waals surface area contributed by atoms with E-state index in [0.29, 0.717) is 4.36 Å². The highest BCUT2D eigenvalue weighted by Gasteiger charge is 2.23. The summed E-state index contributed by atoms with van der Waals surface area (Å²) in [4.78, 5) is 12.1. The lowest BCUT2D eigenvalue weighted by atomic mass is 9.88. The van der Waals surface area contributed by atoms with Crippen LogP contribution >= 0.6 is 23.4 Å². The maximum atomic E-state index is 12.1. The standard InChI is InChI=1S/C12H11ClOS/c1-15-12(13)10-7-6-8-4-2-3-5-9(8)11(10)14/h2-5H,6-7H2,1H3/b12-10+. The van der Waals surface area contributed by atoms with Crippen LogP contribution in [0.4, 0.5) is 0 Å². The minimum Gasteiger partial charge on any atom is -0.289 e. The summed E-state index contributed by atoms with van der Waals surface area (Å²) in [5.41, 5.74) is 2.71. The Bertz CT molecular complexity index is 437. The van der Waals surface area contributed by atoms with Crippen molar-refractivity contribution in [2.45, 2.75) is 12.8 Å². The molecule has 0 saturated heterocycles. The Morgan fingerprint density at radius 2 is 2.07 bits per heavy atom. The molecule has 0 fully saturated rings. The summed E-state index contributed by atoms with van der Waals surface area (Å²) in [6.45, 7) is 0. The molecule has 0 aromatic heterocycles. The molecule has 0 N–H and O–H groups in total. The van der Waals surface area contributed by atoms with Crippen molar-refractivity contribution < 1.29 is 4.79 Å². The number of Topliss-reactive ketones (excluding diaryl/α,β-unsaturated/α-hetero) is 1. The number of carbonyl (C=O) groups excluding carboxylic acids is 1. The van der Waals surface area contributed by atoms with Gasteiger partial charge < -0.3 is 0 Å². The lowest BCUT2D eigenvalue weighted by molar-refractivity contribution is 0.102. The second kappa shape index (κ2) is 4.42. The highest BCUT2D eigenvalue weighted by molar-refractivity contribution is 8.03. The molecule has 0 spiro atoms. The Morgan fingerprint density at radius 1 is 1.33 bits per heavy atom. The number of hydrogen-bond acceptors (Lipinski definition) is 2. The van der Waals surface area contributed by atoms with Gasteiger partial charge in [-0.25, -0.2) is 0 Å². The average molecular weight is 239 g/mol. The van der Waals surface area contributed by atoms with Gasteiger partial charge in [-0.05, 0) is 24.7 Å². The predicted molar refractivity (Wildman–Crippen MR) is 65.5 cm³/mol. The van der Waals surface area contributed by atoms with Crippen LogP contribution in [0.2, 0.25) is 0 Å². The zero-order valence-corrected chi connectivity index (χ0v) is 9.99. The van der Waals surface area contributed by atoms with Crippen molar-refractivity contribution >= 4 is 29.1 Å². The number of thioether (sulfide) groups is 1. The molecule has 0 unspecified atom stereocenters. The SMILES string of the molecule is CS/C(Cl)=C1\CCc2ccccc2C1=O. The van der Waals surface area contributed by atoms with Gasteiger partial charge in [0.1, 0.15) is 0 Å². The molecule has 0 bridgehead atoms. The van der Waals surface area contributed by atoms with Crippen LogP contribution in [0.1, 0.15) is 22.3 Å². The van der Waals surface area contributed by atoms with E-state index >= 15 is 0 Å². The second-order valence-electron chi connectivity index (χ2n) is 3.44. The minimum absolute atomic E-state index is 0.0937. The number of benzene rings is 1. The fourth-order valence-electron chi connectivity index (χ4n) is 1.81. The molecular formula is C12H11ClOS. The molecule has 1 aromatic carbocycles. The number of rotatable bonds is 1. The zero-order valence-electron chi connectivity index (χ0n) is 8.42. The molecule has 0 saturated carbocycles. The molecule has 0 heterocycles. The van der Waals surface area contributed by atoms with Crippen molar-refractivity contribution in [1.82, 2.24) is 0 Å². The van der Waals surface area contributed by atoms with Gasteiger partial charge in [-0.3, -0.25) is 4.79 Å². The van der Waals surface area contributed by atoms with E-state index < -0.39 is 0 Å². The Balaban J connectivity index is 2.47. The minimum atomic E-state index is 0.0937. The Hall–Kier alpha value is -0.730. The van der Waals surface area contributed by atoms with Gasteiger partial charge in [0.2, 0.25) is 0 Å². The summed E-state index contributed by atoms with van der Waals surface area (Å²) in [6.07, 6.45) is 3.56. The zero-order chi connectivity index (χ0) is 10.8. The van der Waals surface area contributed by atoms with Gasteiger partial charge in [0.05, 0.1) is 4.36 Å². The van der Waals surface area contributed by atoms with Crippen LogP contribution in [0.3, 0.4) is 0 Å². The molecule has 3 heteroatoms. The third-order valence-electron chi connectivity index (χ3n) is 2.60. The molecule has 0 aliphatic heterocycles. The first-order chi connectivity index (χ1) is 7.24. The third kappa shape index (κ3) is 1.97. The van der Waals surface area contributed by atoms with Gasteiger partial charge in [-0.1, -0.05) is 35.9 Å². The quantitative estimate of drug-likeness (QED) is 0.695. The first kappa shape index (κ1) is 10.8. The maximum absolute atomic E-state index is 12.1. The van der Waals surface area contributed by atoms with Crippen molar-refractivity contribution in [3.63, 3.8) is 0 Å². The lowest BCUT2D eigenvalue weighted by Gasteiger charge is -2.17. The maximum Gasteiger partial charge on any atom is 0.191 e. The van der Waals surface area contributed by atoms with Crippen molar-refractivity contribution in [3.05, 3.63) is 45.3 Å². The summed E-state index contributed by atoms with van der Waals surface area (Å²) >= 11 is 7.46. The second-order valence-corrected chi connectivity index (χ2v) is 4.86. The van der Waals surface area contributed by atoms with E-state index in [1.807, 2.05) is 30.5 Å². The Labute approximate surface area is 98.5 Å². The van der Waals surface area contributed by atoms with E-state index in [-0.39, 0.29) is 5.78 Å². The number of aryl methyl sites for hydroxylation is 1. The van der Waals surface area contributed by atoms with Gasteiger partial charge in [-0.15, -0.1) is 11.8 Å². The summed E-state index contributed by atoms with van der Waals surface area (Å²) in [7, 11) is 0. The van der Waals surface area contributed by atoms with Crippen LogP contribution in [0.5, 0.6) is 0 Å². The fraction of sp³-hybridized carbons (Fsp3) is 0.250. The fourth-order valence-corrected chi connectivity index (χ4v) is 2.43. The number of allylic oxidation sites excluding steroid dienone is 1. The third-order valence-corrected chi connectivity index (χ3v) is 3.89. The molecule has 2 rings (SSSR count). The van der Waals surface area contributed by atoms with E-state index in [9.17, 15) is 4.79 Å². The molecular weight excluding hydrogens is 228 g/mol. The van der Waals surface area contributed by atoms with Crippen molar-refractivity contribution in [3.8, 4) is 0 Å². The van der Waals surface area contributed by atoms with E-state index in [1.54, 1.807) is 0 Å². The number of halogens is 1. The van der Waals surface area contributed by atoms with Gasteiger partial charge in [0.15, 0.2) is 5.78 Å². The Morgan fingerprint density at radius 3 is 2.80 bits per heavy atom. The van der Waals surface area contributed by atoms with E-state index in [0.717, 1.165) is 29.5 Å². The lowest BCUT2D eigenvalue weighted by Crippen LogP contribution is -2.14. The summed E-state index contributed by atoms with van der Waals surface area (Å²) < 4.78 is 0.634. The average Bonchev–Trinajstić information content (AvgIpc) is 2.29. The van der Waals surface area contributed by atoms with Gasteiger partial charge in [-0.2, -0.15) is 0 Å². The molecule has 0 amide bonds. The van der Waals surface area contributed by atoms with E-state index in [1.165, 1.54) is 11.8 Å². The predicted octanol–water partition coefficient (Wildman–Crippen LogP) is 3.63. The van der Waals surface area contributed by atoms with Crippen LogP contribution in [-0.2, 0) is 6.42 Å². The molecule has 0 atom stereocenters. The van der Waals surface area contributed by atoms with Gasteiger partial charge in [0, 0.05) is 11.1 Å². The van der Waals surface area contributed by atoms with Crippen molar-refractivity contribution in [2.75, 3.05) is 6.26 Å². The summed E-state index contributed by atoms with van der Waals surface area (Å²) in [5.74, 6) is 0.0937. The van der Waals surface area contributed by atoms with Crippen LogP contribution < -0.4 is 0 Å². The van der Waals surface area contributed by atoms with E-state index in [4.69, 9.17) is 11.6 Å². The van der Waals surface area contributed by atoms with Crippen LogP contribution in [0.15, 0.2) is 34.2 Å². The van der Waals surface area contributed by atoms with Crippen LogP contribution in [-0.4, -0.2) is 12.0 Å². The first-order valence-electron chi connectivity index (χ1n) is 4.79. The highest BCUT2D eigenvalue weighted by Crippen LogP contribution is 2.32. The molecule has 78 valence electrons. The largest absolute Gasteiger partial charge is 0.289 e. The molecule has 1 aliphatic carbocycles. The van der Waals surface area contributed by atoms with Crippen LogP contribution in [0, 0.1) is 0 Å². The van der Waals surface area contributed by atoms with Crippen molar-refractivity contribution in [1.29, 1.82) is 0 Å². The Kier molecular flexibility index (Phi) is 3.17. The molecule has 1 aromatic rings. The monoisotopic (exact) mass is 238 g/mol. The molecule has 1 aliphatic rings. The summed E-state index contributed by atoms with van der Waals surface area (Å²) in [6, 6.07) is 7.75. The number of ketones is 1. The number of hydrogen-bond donors (Lipinski definition) is 0. The van der Waals surface area contributed by atoms with Gasteiger partial charge in [0.25, 0.3) is 0 Å². The molecule has 0 radical (unpaired) electrons. The topological polar surface area (TPSA) is 17.1 Å². The molecule has 1 nitrogen and oxygen atoms in total. The summed E-state index contributed by atoms with van der Waals surface area (Å²) in [5, 5.41) is 0. The normalized spacial score (nSPS) is 18.7.